The fraction of sp³-hybridized carbons (Fsp3) is 0.545. The molecule has 15 heavy (non-hydrogen) atoms. The molecule has 3 atom stereocenters. The molecule has 0 spiro atoms. The molecule has 0 radical (unpaired) electrons. The number of aliphatic hydroxyl groups is 1. The lowest BCUT2D eigenvalue weighted by Crippen LogP contribution is -2.54. The molecule has 1 N–H and O–H groups in total. The van der Waals surface area contributed by atoms with Crippen LogP contribution in [0, 0.1) is 6.92 Å². The van der Waals surface area contributed by atoms with Crippen molar-refractivity contribution in [3.63, 3.8) is 0 Å². The van der Waals surface area contributed by atoms with Crippen molar-refractivity contribution in [3.8, 4) is 5.75 Å². The lowest BCUT2D eigenvalue weighted by atomic mass is 9.88. The van der Waals surface area contributed by atoms with E-state index in [1.165, 1.54) is 0 Å². The average molecular weight is 209 g/mol. The molecule has 0 aliphatic heterocycles. The third kappa shape index (κ3) is 1.96. The van der Waals surface area contributed by atoms with E-state index in [-0.39, 0.29) is 12.2 Å². The second-order valence-electron chi connectivity index (χ2n) is 3.75. The molecule has 0 amide bonds. The molecule has 2 rings (SSSR count). The summed E-state index contributed by atoms with van der Waals surface area (Å²) < 4.78 is 10.8. The van der Waals surface area contributed by atoms with Gasteiger partial charge in [0.1, 0.15) is 18.0 Å². The Balaban J connectivity index is 2.01. The molecule has 1 fully saturated rings. The van der Waals surface area contributed by atoms with Gasteiger partial charge in [-0.25, -0.2) is 0 Å². The van der Waals surface area contributed by atoms with Crippen molar-refractivity contribution in [1.82, 2.24) is 4.98 Å². The summed E-state index contributed by atoms with van der Waals surface area (Å²) in [5.74, 6) is 0.761. The minimum absolute atomic E-state index is 0.0621. The van der Waals surface area contributed by atoms with E-state index in [0.29, 0.717) is 6.42 Å². The van der Waals surface area contributed by atoms with Crippen molar-refractivity contribution < 1.29 is 14.6 Å². The Morgan fingerprint density at radius 3 is 2.93 bits per heavy atom. The maximum absolute atomic E-state index is 9.40. The first-order valence-corrected chi connectivity index (χ1v) is 5.01. The van der Waals surface area contributed by atoms with Crippen LogP contribution in [0.15, 0.2) is 18.3 Å². The zero-order chi connectivity index (χ0) is 10.8. The summed E-state index contributed by atoms with van der Waals surface area (Å²) in [6.45, 7) is 1.90. The van der Waals surface area contributed by atoms with Gasteiger partial charge in [0.05, 0.1) is 11.8 Å². The zero-order valence-electron chi connectivity index (χ0n) is 8.88. The zero-order valence-corrected chi connectivity index (χ0v) is 8.88. The molecule has 4 nitrogen and oxygen atoms in total. The highest BCUT2D eigenvalue weighted by molar-refractivity contribution is 5.26. The summed E-state index contributed by atoms with van der Waals surface area (Å²) >= 11 is 0. The average Bonchev–Trinajstić information content (AvgIpc) is 2.20. The summed E-state index contributed by atoms with van der Waals surface area (Å²) in [6.07, 6.45) is 1.66. The highest BCUT2D eigenvalue weighted by atomic mass is 16.6. The van der Waals surface area contributed by atoms with Crippen LogP contribution in [-0.2, 0) is 4.74 Å². The number of hydrogen-bond donors (Lipinski definition) is 1. The molecule has 4 heteroatoms. The van der Waals surface area contributed by atoms with Gasteiger partial charge in [-0.05, 0) is 19.1 Å². The lowest BCUT2D eigenvalue weighted by molar-refractivity contribution is -0.149. The molecule has 0 bridgehead atoms. The highest BCUT2D eigenvalue weighted by Crippen LogP contribution is 2.29. The van der Waals surface area contributed by atoms with E-state index in [1.54, 1.807) is 13.3 Å². The van der Waals surface area contributed by atoms with E-state index in [2.05, 4.69) is 4.98 Å². The summed E-state index contributed by atoms with van der Waals surface area (Å²) in [4.78, 5) is 4.13. The second kappa shape index (κ2) is 4.16. The minimum atomic E-state index is -0.406. The third-order valence-electron chi connectivity index (χ3n) is 2.73. The van der Waals surface area contributed by atoms with Crippen LogP contribution in [0.3, 0.4) is 0 Å². The second-order valence-corrected chi connectivity index (χ2v) is 3.75. The fourth-order valence-corrected chi connectivity index (χ4v) is 1.74. The SMILES string of the molecule is COC1C(O)CC1Oc1cccnc1C. The molecule has 0 aromatic carbocycles. The Morgan fingerprint density at radius 2 is 2.33 bits per heavy atom. The van der Waals surface area contributed by atoms with Gasteiger partial charge >= 0.3 is 0 Å². The number of aromatic nitrogens is 1. The van der Waals surface area contributed by atoms with Gasteiger partial charge in [0.2, 0.25) is 0 Å². The number of hydrogen-bond acceptors (Lipinski definition) is 4. The molecule has 82 valence electrons. The van der Waals surface area contributed by atoms with E-state index >= 15 is 0 Å². The van der Waals surface area contributed by atoms with Gasteiger partial charge in [0.15, 0.2) is 0 Å². The number of aliphatic hydroxyl groups excluding tert-OH is 1. The Hall–Kier alpha value is -1.13. The predicted octanol–water partition coefficient (Wildman–Crippen LogP) is 0.917. The lowest BCUT2D eigenvalue weighted by Gasteiger charge is -2.40. The van der Waals surface area contributed by atoms with Crippen LogP contribution < -0.4 is 4.74 Å². The largest absolute Gasteiger partial charge is 0.486 e. The number of methoxy groups -OCH3 is 1. The summed E-state index contributed by atoms with van der Waals surface area (Å²) in [5, 5.41) is 9.40. The van der Waals surface area contributed by atoms with Crippen molar-refractivity contribution >= 4 is 0 Å². The molecule has 1 aromatic rings. The quantitative estimate of drug-likeness (QED) is 0.804. The molecular formula is C11H15NO3. The molecule has 0 saturated heterocycles. The number of nitrogens with zero attached hydrogens (tertiary/aromatic N) is 1. The standard InChI is InChI=1S/C11H15NO3/c1-7-9(4-3-5-12-7)15-10-6-8(13)11(10)14-2/h3-5,8,10-11,13H,6H2,1-2H3. The van der Waals surface area contributed by atoms with Gasteiger partial charge in [0.25, 0.3) is 0 Å². The van der Waals surface area contributed by atoms with Gasteiger partial charge in [-0.3, -0.25) is 4.98 Å². The number of pyridine rings is 1. The molecule has 1 aliphatic carbocycles. The van der Waals surface area contributed by atoms with Crippen LogP contribution in [0.1, 0.15) is 12.1 Å². The number of ether oxygens (including phenoxy) is 2. The van der Waals surface area contributed by atoms with Crippen molar-refractivity contribution in [3.05, 3.63) is 24.0 Å². The predicted molar refractivity (Wildman–Crippen MR) is 54.8 cm³/mol. The van der Waals surface area contributed by atoms with Gasteiger partial charge < -0.3 is 14.6 Å². The summed E-state index contributed by atoms with van der Waals surface area (Å²) in [7, 11) is 1.58. The monoisotopic (exact) mass is 209 g/mol. The van der Waals surface area contributed by atoms with Crippen LogP contribution in [0.2, 0.25) is 0 Å². The Bertz CT molecular complexity index is 342. The van der Waals surface area contributed by atoms with Crippen LogP contribution in [-0.4, -0.2) is 35.5 Å². The third-order valence-corrected chi connectivity index (χ3v) is 2.73. The minimum Gasteiger partial charge on any atom is -0.486 e. The van der Waals surface area contributed by atoms with Crippen LogP contribution in [0.25, 0.3) is 0 Å². The van der Waals surface area contributed by atoms with Gasteiger partial charge in [-0.15, -0.1) is 0 Å². The Labute approximate surface area is 88.9 Å². The van der Waals surface area contributed by atoms with E-state index in [1.807, 2.05) is 19.1 Å². The first kappa shape index (κ1) is 10.4. The normalized spacial score (nSPS) is 29.7. The van der Waals surface area contributed by atoms with E-state index in [4.69, 9.17) is 9.47 Å². The van der Waals surface area contributed by atoms with E-state index < -0.39 is 6.10 Å². The fourth-order valence-electron chi connectivity index (χ4n) is 1.74. The van der Waals surface area contributed by atoms with Gasteiger partial charge in [-0.2, -0.15) is 0 Å². The highest BCUT2D eigenvalue weighted by Gasteiger charge is 2.42. The number of rotatable bonds is 3. The van der Waals surface area contributed by atoms with Crippen LogP contribution in [0.5, 0.6) is 5.75 Å². The van der Waals surface area contributed by atoms with Crippen molar-refractivity contribution in [2.75, 3.05) is 7.11 Å². The maximum atomic E-state index is 9.40. The Morgan fingerprint density at radius 1 is 1.53 bits per heavy atom. The topological polar surface area (TPSA) is 51.6 Å². The summed E-state index contributed by atoms with van der Waals surface area (Å²) in [5.41, 5.74) is 0.855. The molecule has 1 aliphatic rings. The molecule has 1 saturated carbocycles. The Kier molecular flexibility index (Phi) is 2.88. The van der Waals surface area contributed by atoms with Crippen LogP contribution in [0.4, 0.5) is 0 Å². The number of aryl methyl sites for hydroxylation is 1. The van der Waals surface area contributed by atoms with Gasteiger partial charge in [-0.1, -0.05) is 0 Å². The smallest absolute Gasteiger partial charge is 0.141 e. The van der Waals surface area contributed by atoms with E-state index in [0.717, 1.165) is 11.4 Å². The van der Waals surface area contributed by atoms with E-state index in [9.17, 15) is 5.11 Å². The molecule has 3 unspecified atom stereocenters. The maximum Gasteiger partial charge on any atom is 0.141 e. The molecule has 1 aromatic heterocycles. The van der Waals surface area contributed by atoms with Gasteiger partial charge in [0, 0.05) is 19.7 Å². The van der Waals surface area contributed by atoms with Crippen molar-refractivity contribution in [2.24, 2.45) is 0 Å². The first-order valence-electron chi connectivity index (χ1n) is 5.01. The summed E-state index contributed by atoms with van der Waals surface area (Å²) in [6, 6.07) is 3.71. The molecular weight excluding hydrogens is 194 g/mol. The van der Waals surface area contributed by atoms with Crippen molar-refractivity contribution in [1.29, 1.82) is 0 Å². The first-order chi connectivity index (χ1) is 7.22. The molecule has 1 heterocycles. The van der Waals surface area contributed by atoms with Crippen LogP contribution >= 0.6 is 0 Å². The van der Waals surface area contributed by atoms with Crippen molar-refractivity contribution in [2.45, 2.75) is 31.7 Å².